The van der Waals surface area contributed by atoms with Gasteiger partial charge in [-0.3, -0.25) is 0 Å². The SMILES string of the molecule is CCCC(C)(CO)NC(=O)Nc1ccc(Cl)cc1. The van der Waals surface area contributed by atoms with Gasteiger partial charge in [-0.15, -0.1) is 0 Å². The van der Waals surface area contributed by atoms with Crippen molar-refractivity contribution in [1.82, 2.24) is 5.32 Å². The summed E-state index contributed by atoms with van der Waals surface area (Å²) in [5.41, 5.74) is 0.0688. The van der Waals surface area contributed by atoms with Crippen LogP contribution in [0.25, 0.3) is 0 Å². The molecule has 1 aromatic carbocycles. The summed E-state index contributed by atoms with van der Waals surface area (Å²) >= 11 is 5.76. The molecule has 5 heteroatoms. The van der Waals surface area contributed by atoms with E-state index in [0.29, 0.717) is 10.7 Å². The van der Waals surface area contributed by atoms with Crippen LogP contribution in [0.2, 0.25) is 5.02 Å². The zero-order valence-electron chi connectivity index (χ0n) is 10.7. The van der Waals surface area contributed by atoms with Crippen LogP contribution in [0.3, 0.4) is 0 Å². The van der Waals surface area contributed by atoms with Crippen molar-refractivity contribution in [2.45, 2.75) is 32.2 Å². The Morgan fingerprint density at radius 2 is 2.00 bits per heavy atom. The Balaban J connectivity index is 2.58. The van der Waals surface area contributed by atoms with E-state index >= 15 is 0 Å². The summed E-state index contributed by atoms with van der Waals surface area (Å²) in [6.07, 6.45) is 1.61. The van der Waals surface area contributed by atoms with E-state index < -0.39 is 5.54 Å². The van der Waals surface area contributed by atoms with Gasteiger partial charge in [-0.1, -0.05) is 24.9 Å². The number of benzene rings is 1. The van der Waals surface area contributed by atoms with Gasteiger partial charge >= 0.3 is 6.03 Å². The summed E-state index contributed by atoms with van der Waals surface area (Å²) in [5.74, 6) is 0. The third kappa shape index (κ3) is 4.55. The number of aliphatic hydroxyl groups is 1. The third-order valence-corrected chi connectivity index (χ3v) is 2.92. The molecule has 0 aliphatic heterocycles. The average Bonchev–Trinajstić information content (AvgIpc) is 2.32. The monoisotopic (exact) mass is 270 g/mol. The Morgan fingerprint density at radius 1 is 1.39 bits per heavy atom. The largest absolute Gasteiger partial charge is 0.394 e. The van der Waals surface area contributed by atoms with Gasteiger partial charge in [-0.05, 0) is 37.6 Å². The first-order valence-corrected chi connectivity index (χ1v) is 6.32. The number of aliphatic hydroxyl groups excluding tert-OH is 1. The molecule has 18 heavy (non-hydrogen) atoms. The molecule has 0 spiro atoms. The number of halogens is 1. The van der Waals surface area contributed by atoms with Gasteiger partial charge in [0.15, 0.2) is 0 Å². The number of urea groups is 1. The molecule has 2 amide bonds. The highest BCUT2D eigenvalue weighted by Crippen LogP contribution is 2.15. The molecule has 0 bridgehead atoms. The molecule has 4 nitrogen and oxygen atoms in total. The number of amides is 2. The van der Waals surface area contributed by atoms with Gasteiger partial charge in [0.25, 0.3) is 0 Å². The Hall–Kier alpha value is -1.26. The molecule has 3 N–H and O–H groups in total. The fraction of sp³-hybridized carbons (Fsp3) is 0.462. The molecule has 1 aromatic rings. The highest BCUT2D eigenvalue weighted by molar-refractivity contribution is 6.30. The van der Waals surface area contributed by atoms with Crippen molar-refractivity contribution in [2.75, 3.05) is 11.9 Å². The number of carbonyl (C=O) groups excluding carboxylic acids is 1. The van der Waals surface area contributed by atoms with Crippen molar-refractivity contribution in [1.29, 1.82) is 0 Å². The highest BCUT2D eigenvalue weighted by atomic mass is 35.5. The molecule has 0 heterocycles. The molecule has 0 aliphatic carbocycles. The van der Waals surface area contributed by atoms with E-state index in [-0.39, 0.29) is 12.6 Å². The molecule has 1 unspecified atom stereocenters. The van der Waals surface area contributed by atoms with E-state index in [4.69, 9.17) is 11.6 Å². The summed E-state index contributed by atoms with van der Waals surface area (Å²) < 4.78 is 0. The minimum absolute atomic E-state index is 0.0884. The molecule has 0 fully saturated rings. The van der Waals surface area contributed by atoms with Crippen LogP contribution in [-0.2, 0) is 0 Å². The standard InChI is InChI=1S/C13H19ClN2O2/c1-3-8-13(2,9-17)16-12(18)15-11-6-4-10(14)5-7-11/h4-7,17H,3,8-9H2,1-2H3,(H2,15,16,18). The number of rotatable bonds is 5. The smallest absolute Gasteiger partial charge is 0.319 e. The van der Waals surface area contributed by atoms with E-state index in [9.17, 15) is 9.90 Å². The van der Waals surface area contributed by atoms with Crippen LogP contribution in [0.5, 0.6) is 0 Å². The second-order valence-electron chi connectivity index (χ2n) is 4.55. The lowest BCUT2D eigenvalue weighted by Crippen LogP contribution is -2.50. The summed E-state index contributed by atoms with van der Waals surface area (Å²) in [6.45, 7) is 3.74. The van der Waals surface area contributed by atoms with Crippen molar-refractivity contribution in [3.8, 4) is 0 Å². The summed E-state index contributed by atoms with van der Waals surface area (Å²) in [7, 11) is 0. The maximum absolute atomic E-state index is 11.8. The van der Waals surface area contributed by atoms with Crippen LogP contribution in [0.4, 0.5) is 10.5 Å². The molecule has 0 aromatic heterocycles. The van der Waals surface area contributed by atoms with E-state index in [1.165, 1.54) is 0 Å². The van der Waals surface area contributed by atoms with Crippen molar-refractivity contribution < 1.29 is 9.90 Å². The normalized spacial score (nSPS) is 13.8. The first-order chi connectivity index (χ1) is 8.49. The lowest BCUT2D eigenvalue weighted by molar-refractivity contribution is 0.167. The van der Waals surface area contributed by atoms with Gasteiger partial charge in [0.2, 0.25) is 0 Å². The second-order valence-corrected chi connectivity index (χ2v) is 4.99. The average molecular weight is 271 g/mol. The number of nitrogens with one attached hydrogen (secondary N) is 2. The van der Waals surface area contributed by atoms with E-state index in [2.05, 4.69) is 10.6 Å². The van der Waals surface area contributed by atoms with E-state index in [0.717, 1.165) is 12.8 Å². The quantitative estimate of drug-likeness (QED) is 0.770. The minimum atomic E-state index is -0.592. The Bertz CT molecular complexity index is 394. The zero-order valence-corrected chi connectivity index (χ0v) is 11.4. The van der Waals surface area contributed by atoms with Gasteiger partial charge in [0.05, 0.1) is 12.1 Å². The van der Waals surface area contributed by atoms with Crippen LogP contribution in [0, 0.1) is 0 Å². The number of carbonyl (C=O) groups is 1. The Kier molecular flexibility index (Phi) is 5.44. The molecule has 100 valence electrons. The molecule has 1 atom stereocenters. The van der Waals surface area contributed by atoms with Gasteiger partial charge in [-0.25, -0.2) is 4.79 Å². The van der Waals surface area contributed by atoms with Crippen molar-refractivity contribution >= 4 is 23.3 Å². The second kappa shape index (κ2) is 6.61. The van der Waals surface area contributed by atoms with Gasteiger partial charge in [0, 0.05) is 10.7 Å². The summed E-state index contributed by atoms with van der Waals surface area (Å²) in [4.78, 5) is 11.8. The predicted octanol–water partition coefficient (Wildman–Crippen LogP) is 3.01. The maximum atomic E-state index is 11.8. The van der Waals surface area contributed by atoms with E-state index in [1.54, 1.807) is 24.3 Å². The molecular weight excluding hydrogens is 252 g/mol. The summed E-state index contributed by atoms with van der Waals surface area (Å²) in [5, 5.41) is 15.4. The Morgan fingerprint density at radius 3 is 2.50 bits per heavy atom. The van der Waals surface area contributed by atoms with Crippen LogP contribution < -0.4 is 10.6 Å². The first kappa shape index (κ1) is 14.8. The summed E-state index contributed by atoms with van der Waals surface area (Å²) in [6, 6.07) is 6.51. The lowest BCUT2D eigenvalue weighted by Gasteiger charge is -2.28. The minimum Gasteiger partial charge on any atom is -0.394 e. The fourth-order valence-corrected chi connectivity index (χ4v) is 1.83. The number of hydrogen-bond acceptors (Lipinski definition) is 2. The van der Waals surface area contributed by atoms with Crippen LogP contribution >= 0.6 is 11.6 Å². The van der Waals surface area contributed by atoms with Crippen molar-refractivity contribution in [3.63, 3.8) is 0 Å². The lowest BCUT2D eigenvalue weighted by atomic mass is 9.98. The van der Waals surface area contributed by atoms with Crippen LogP contribution in [-0.4, -0.2) is 23.3 Å². The first-order valence-electron chi connectivity index (χ1n) is 5.94. The number of hydrogen-bond donors (Lipinski definition) is 3. The van der Waals surface area contributed by atoms with Gasteiger partial charge in [0.1, 0.15) is 0 Å². The fourth-order valence-electron chi connectivity index (χ4n) is 1.70. The molecule has 0 saturated heterocycles. The topological polar surface area (TPSA) is 61.4 Å². The van der Waals surface area contributed by atoms with Crippen molar-refractivity contribution in [2.24, 2.45) is 0 Å². The Labute approximate surface area is 112 Å². The van der Waals surface area contributed by atoms with Gasteiger partial charge < -0.3 is 15.7 Å². The zero-order chi connectivity index (χ0) is 13.6. The van der Waals surface area contributed by atoms with Crippen LogP contribution in [0.15, 0.2) is 24.3 Å². The molecular formula is C13H19ClN2O2. The molecule has 0 radical (unpaired) electrons. The molecule has 0 aliphatic rings. The highest BCUT2D eigenvalue weighted by Gasteiger charge is 2.24. The number of anilines is 1. The molecule has 0 saturated carbocycles. The predicted molar refractivity (Wildman–Crippen MR) is 74.0 cm³/mol. The third-order valence-electron chi connectivity index (χ3n) is 2.67. The van der Waals surface area contributed by atoms with E-state index in [1.807, 2.05) is 13.8 Å². The van der Waals surface area contributed by atoms with Crippen LogP contribution in [0.1, 0.15) is 26.7 Å². The maximum Gasteiger partial charge on any atom is 0.319 e. The van der Waals surface area contributed by atoms with Crippen molar-refractivity contribution in [3.05, 3.63) is 29.3 Å². The molecule has 1 rings (SSSR count). The van der Waals surface area contributed by atoms with Gasteiger partial charge in [-0.2, -0.15) is 0 Å².